The Balaban J connectivity index is 1.51. The molecule has 2 aliphatic rings. The van der Waals surface area contributed by atoms with Crippen molar-refractivity contribution in [3.05, 3.63) is 132 Å². The maximum atomic E-state index is 14.4. The van der Waals surface area contributed by atoms with Crippen LogP contribution in [0.2, 0.25) is 0 Å². The number of allylic oxidation sites excluding steroid dienone is 1. The third-order valence-corrected chi connectivity index (χ3v) is 7.90. The number of fused-ring (bicyclic) bond motifs is 2. The lowest BCUT2D eigenvalue weighted by molar-refractivity contribution is -0.124. The number of carbonyl (C=O) groups is 2. The summed E-state index contributed by atoms with van der Waals surface area (Å²) in [6, 6.07) is 32.0. The molecule has 0 fully saturated rings. The number of hydrogen-bond acceptors (Lipinski definition) is 5. The van der Waals surface area contributed by atoms with Gasteiger partial charge in [0.15, 0.2) is 11.5 Å². The molecule has 0 spiro atoms. The standard InChI is InChI=1S/C36H34N2O4/c1-36(2)21-28-33(30(39)22-36)34(26-18-19-31(32(20-26)41-3)42-23-24-12-6-4-7-13-24)38(29-17-11-10-16-27(29)37-28)35(40)25-14-8-5-9-15-25/h4-21,33-34,37H,22-23H2,1-3H3/t33-,34+/m1/s1. The van der Waals surface area contributed by atoms with Crippen molar-refractivity contribution in [1.82, 2.24) is 0 Å². The maximum Gasteiger partial charge on any atom is 0.258 e. The van der Waals surface area contributed by atoms with Crippen molar-refractivity contribution in [2.75, 3.05) is 17.3 Å². The number of amides is 1. The number of Topliss-reactive ketones (excluding diaryl/α,β-unsaturated/α-hetero) is 1. The monoisotopic (exact) mass is 558 g/mol. The number of anilines is 2. The molecule has 0 radical (unpaired) electrons. The lowest BCUT2D eigenvalue weighted by Gasteiger charge is -2.39. The molecule has 1 N–H and O–H groups in total. The van der Waals surface area contributed by atoms with Gasteiger partial charge < -0.3 is 14.8 Å². The number of nitrogens with zero attached hydrogens (tertiary/aromatic N) is 1. The van der Waals surface area contributed by atoms with Crippen molar-refractivity contribution < 1.29 is 19.1 Å². The van der Waals surface area contributed by atoms with Crippen molar-refractivity contribution in [2.45, 2.75) is 32.9 Å². The second kappa shape index (κ2) is 11.2. The summed E-state index contributed by atoms with van der Waals surface area (Å²) in [7, 11) is 1.60. The Morgan fingerprint density at radius 1 is 0.905 bits per heavy atom. The summed E-state index contributed by atoms with van der Waals surface area (Å²) >= 11 is 0. The summed E-state index contributed by atoms with van der Waals surface area (Å²) in [4.78, 5) is 30.2. The van der Waals surface area contributed by atoms with Crippen LogP contribution in [0.25, 0.3) is 0 Å². The van der Waals surface area contributed by atoms with Crippen LogP contribution in [0.4, 0.5) is 11.4 Å². The first-order chi connectivity index (χ1) is 20.3. The molecule has 0 saturated heterocycles. The largest absolute Gasteiger partial charge is 0.493 e. The van der Waals surface area contributed by atoms with E-state index in [4.69, 9.17) is 9.47 Å². The highest BCUT2D eigenvalue weighted by molar-refractivity contribution is 6.09. The molecule has 0 saturated carbocycles. The second-order valence-corrected chi connectivity index (χ2v) is 11.5. The van der Waals surface area contributed by atoms with Crippen molar-refractivity contribution >= 4 is 23.1 Å². The van der Waals surface area contributed by atoms with E-state index < -0.39 is 12.0 Å². The predicted molar refractivity (Wildman–Crippen MR) is 165 cm³/mol. The Kier molecular flexibility index (Phi) is 7.29. The molecule has 6 nitrogen and oxygen atoms in total. The molecule has 1 amide bonds. The zero-order valence-corrected chi connectivity index (χ0v) is 24.0. The summed E-state index contributed by atoms with van der Waals surface area (Å²) < 4.78 is 11.9. The molecule has 4 aromatic rings. The smallest absolute Gasteiger partial charge is 0.258 e. The number of para-hydroxylation sites is 2. The van der Waals surface area contributed by atoms with Crippen LogP contribution in [0, 0.1) is 11.3 Å². The summed E-state index contributed by atoms with van der Waals surface area (Å²) in [6.07, 6.45) is 2.52. The van der Waals surface area contributed by atoms with Gasteiger partial charge in [0.2, 0.25) is 0 Å². The third-order valence-electron chi connectivity index (χ3n) is 7.90. The van der Waals surface area contributed by atoms with Gasteiger partial charge in [-0.15, -0.1) is 0 Å². The van der Waals surface area contributed by atoms with E-state index in [0.717, 1.165) is 22.5 Å². The number of rotatable bonds is 6. The molecular weight excluding hydrogens is 524 g/mol. The van der Waals surface area contributed by atoms with Gasteiger partial charge in [-0.3, -0.25) is 14.5 Å². The molecule has 1 heterocycles. The van der Waals surface area contributed by atoms with Crippen LogP contribution in [-0.2, 0) is 11.4 Å². The molecule has 2 atom stereocenters. The van der Waals surface area contributed by atoms with Gasteiger partial charge in [-0.2, -0.15) is 0 Å². The average molecular weight is 559 g/mol. The number of benzene rings is 4. The van der Waals surface area contributed by atoms with Gasteiger partial charge in [0.25, 0.3) is 5.91 Å². The number of carbonyl (C=O) groups excluding carboxylic acids is 2. The van der Waals surface area contributed by atoms with Crippen molar-refractivity contribution in [3.8, 4) is 11.5 Å². The van der Waals surface area contributed by atoms with Crippen molar-refractivity contribution in [1.29, 1.82) is 0 Å². The Morgan fingerprint density at radius 3 is 2.33 bits per heavy atom. The Labute approximate surface area is 246 Å². The van der Waals surface area contributed by atoms with Gasteiger partial charge in [0, 0.05) is 17.7 Å². The molecule has 6 rings (SSSR count). The maximum absolute atomic E-state index is 14.4. The molecular formula is C36H34N2O4. The topological polar surface area (TPSA) is 67.9 Å². The first-order valence-corrected chi connectivity index (χ1v) is 14.2. The molecule has 1 aliphatic carbocycles. The van der Waals surface area contributed by atoms with E-state index in [0.29, 0.717) is 35.8 Å². The lowest BCUT2D eigenvalue weighted by Crippen LogP contribution is -2.43. The lowest BCUT2D eigenvalue weighted by atomic mass is 9.72. The quantitative estimate of drug-likeness (QED) is 0.264. The second-order valence-electron chi connectivity index (χ2n) is 11.5. The van der Waals surface area contributed by atoms with Gasteiger partial charge in [-0.25, -0.2) is 0 Å². The molecule has 4 aromatic carbocycles. The Hall–Kier alpha value is -4.84. The highest BCUT2D eigenvalue weighted by atomic mass is 16.5. The average Bonchev–Trinajstić information content (AvgIpc) is 3.14. The van der Waals surface area contributed by atoms with Crippen LogP contribution in [0.15, 0.2) is 115 Å². The third kappa shape index (κ3) is 5.28. The number of nitrogens with one attached hydrogen (secondary N) is 1. The minimum atomic E-state index is -0.624. The normalized spacial score (nSPS) is 19.0. The van der Waals surface area contributed by atoms with E-state index in [1.54, 1.807) is 12.0 Å². The van der Waals surface area contributed by atoms with E-state index in [1.165, 1.54) is 0 Å². The number of hydrogen-bond donors (Lipinski definition) is 1. The Morgan fingerprint density at radius 2 is 1.60 bits per heavy atom. The molecule has 0 bridgehead atoms. The van der Waals surface area contributed by atoms with Crippen molar-refractivity contribution in [2.24, 2.45) is 11.3 Å². The van der Waals surface area contributed by atoms with Gasteiger partial charge in [-0.1, -0.05) is 86.7 Å². The minimum Gasteiger partial charge on any atom is -0.493 e. The van der Waals surface area contributed by atoms with Gasteiger partial charge in [0.1, 0.15) is 12.4 Å². The molecule has 6 heteroatoms. The van der Waals surface area contributed by atoms with E-state index in [2.05, 4.69) is 25.2 Å². The molecule has 1 aliphatic heterocycles. The Bertz CT molecular complexity index is 1650. The molecule has 0 unspecified atom stereocenters. The fourth-order valence-electron chi connectivity index (χ4n) is 6.02. The van der Waals surface area contributed by atoms with Crippen LogP contribution in [0.1, 0.15) is 47.8 Å². The fourth-order valence-corrected chi connectivity index (χ4v) is 6.02. The van der Waals surface area contributed by atoms with E-state index >= 15 is 0 Å². The van der Waals surface area contributed by atoms with Gasteiger partial charge >= 0.3 is 0 Å². The summed E-state index contributed by atoms with van der Waals surface area (Å²) in [5.74, 6) is 0.424. The van der Waals surface area contributed by atoms with E-state index in [9.17, 15) is 9.59 Å². The predicted octanol–water partition coefficient (Wildman–Crippen LogP) is 7.59. The van der Waals surface area contributed by atoms with Gasteiger partial charge in [0.05, 0.1) is 30.4 Å². The first kappa shape index (κ1) is 27.3. The number of methoxy groups -OCH3 is 1. The first-order valence-electron chi connectivity index (χ1n) is 14.2. The number of ether oxygens (including phenoxy) is 2. The highest BCUT2D eigenvalue weighted by Crippen LogP contribution is 2.49. The summed E-state index contributed by atoms with van der Waals surface area (Å²) in [6.45, 7) is 4.52. The van der Waals surface area contributed by atoms with Crippen LogP contribution in [0.5, 0.6) is 11.5 Å². The summed E-state index contributed by atoms with van der Waals surface area (Å²) in [5, 5.41) is 3.55. The molecule has 42 heavy (non-hydrogen) atoms. The molecule has 212 valence electrons. The van der Waals surface area contributed by atoms with E-state index in [1.807, 2.05) is 103 Å². The zero-order chi connectivity index (χ0) is 29.3. The fraction of sp³-hybridized carbons (Fsp3) is 0.222. The van der Waals surface area contributed by atoms with Crippen LogP contribution < -0.4 is 19.7 Å². The summed E-state index contributed by atoms with van der Waals surface area (Å²) in [5.41, 5.74) is 4.34. The van der Waals surface area contributed by atoms with Crippen LogP contribution in [-0.4, -0.2) is 18.8 Å². The van der Waals surface area contributed by atoms with Gasteiger partial charge in [-0.05, 0) is 52.9 Å². The van der Waals surface area contributed by atoms with Crippen LogP contribution in [0.3, 0.4) is 0 Å². The van der Waals surface area contributed by atoms with Crippen molar-refractivity contribution in [3.63, 3.8) is 0 Å². The zero-order valence-electron chi connectivity index (χ0n) is 24.0. The van der Waals surface area contributed by atoms with Crippen LogP contribution >= 0.6 is 0 Å². The molecule has 0 aromatic heterocycles. The SMILES string of the molecule is COc1cc([C@H]2[C@H]3C(=O)CC(C)(C)C=C3Nc3ccccc3N2C(=O)c2ccccc2)ccc1OCc1ccccc1. The minimum absolute atomic E-state index is 0.0806. The highest BCUT2D eigenvalue weighted by Gasteiger charge is 2.46. The van der Waals surface area contributed by atoms with E-state index in [-0.39, 0.29) is 17.1 Å². The number of ketones is 1.